The third-order valence-corrected chi connectivity index (χ3v) is 3.51. The zero-order valence-corrected chi connectivity index (χ0v) is 11.3. The molecule has 0 aliphatic carbocycles. The van der Waals surface area contributed by atoms with Gasteiger partial charge in [-0.2, -0.15) is 0 Å². The number of nitrogens with one attached hydrogen (secondary N) is 1. The summed E-state index contributed by atoms with van der Waals surface area (Å²) in [6, 6.07) is 7.88. The molecular formula is C11H7BrN2O3S. The Bertz CT molecular complexity index is 598. The van der Waals surface area contributed by atoms with Crippen LogP contribution in [0.5, 0.6) is 0 Å². The molecule has 92 valence electrons. The van der Waals surface area contributed by atoms with Crippen LogP contribution < -0.4 is 5.32 Å². The second-order valence-corrected chi connectivity index (χ2v) is 5.21. The summed E-state index contributed by atoms with van der Waals surface area (Å²) < 4.78 is 0.586. The number of amides is 1. The highest BCUT2D eigenvalue weighted by molar-refractivity contribution is 9.10. The molecule has 0 radical (unpaired) electrons. The molecule has 18 heavy (non-hydrogen) atoms. The van der Waals surface area contributed by atoms with Crippen LogP contribution in [0.2, 0.25) is 0 Å². The molecule has 7 heteroatoms. The van der Waals surface area contributed by atoms with Gasteiger partial charge in [-0.1, -0.05) is 22.0 Å². The molecule has 0 bridgehead atoms. The molecule has 1 aromatic carbocycles. The van der Waals surface area contributed by atoms with Crippen molar-refractivity contribution in [2.45, 2.75) is 0 Å². The van der Waals surface area contributed by atoms with Gasteiger partial charge in [-0.25, -0.2) is 0 Å². The highest BCUT2D eigenvalue weighted by Gasteiger charge is 2.17. The van der Waals surface area contributed by atoms with E-state index in [1.807, 2.05) is 0 Å². The molecule has 1 aromatic heterocycles. The number of nitrogens with zero attached hydrogens (tertiary/aromatic N) is 1. The summed E-state index contributed by atoms with van der Waals surface area (Å²) in [5, 5.41) is 15.2. The molecular weight excluding hydrogens is 320 g/mol. The first kappa shape index (κ1) is 12.7. The quantitative estimate of drug-likeness (QED) is 0.690. The Morgan fingerprint density at radius 1 is 1.39 bits per heavy atom. The van der Waals surface area contributed by atoms with E-state index in [0.717, 1.165) is 0 Å². The van der Waals surface area contributed by atoms with Crippen molar-refractivity contribution >= 4 is 44.5 Å². The van der Waals surface area contributed by atoms with Gasteiger partial charge in [-0.15, -0.1) is 11.3 Å². The fourth-order valence-corrected chi connectivity index (χ4v) is 2.32. The van der Waals surface area contributed by atoms with Crippen LogP contribution in [-0.4, -0.2) is 10.8 Å². The predicted molar refractivity (Wildman–Crippen MR) is 73.1 cm³/mol. The number of thiophene rings is 1. The van der Waals surface area contributed by atoms with Crippen LogP contribution in [-0.2, 0) is 0 Å². The normalized spacial score (nSPS) is 10.1. The van der Waals surface area contributed by atoms with E-state index < -0.39 is 4.92 Å². The molecule has 5 nitrogen and oxygen atoms in total. The molecule has 0 saturated heterocycles. The lowest BCUT2D eigenvalue weighted by Crippen LogP contribution is -2.11. The van der Waals surface area contributed by atoms with Crippen LogP contribution in [0.4, 0.5) is 11.4 Å². The monoisotopic (exact) mass is 326 g/mol. The zero-order chi connectivity index (χ0) is 13.1. The topological polar surface area (TPSA) is 72.2 Å². The lowest BCUT2D eigenvalue weighted by atomic mass is 10.2. The summed E-state index contributed by atoms with van der Waals surface area (Å²) in [4.78, 5) is 22.7. The smallest absolute Gasteiger partial charge is 0.293 e. The Hall–Kier alpha value is -1.73. The van der Waals surface area contributed by atoms with E-state index in [2.05, 4.69) is 21.2 Å². The van der Waals surface area contributed by atoms with Crippen molar-refractivity contribution < 1.29 is 9.72 Å². The van der Waals surface area contributed by atoms with Gasteiger partial charge < -0.3 is 5.32 Å². The second kappa shape index (κ2) is 5.28. The first-order chi connectivity index (χ1) is 8.58. The van der Waals surface area contributed by atoms with Gasteiger partial charge in [0, 0.05) is 10.5 Å². The number of benzene rings is 1. The Kier molecular flexibility index (Phi) is 3.73. The molecule has 0 fully saturated rings. The van der Waals surface area contributed by atoms with Gasteiger partial charge in [0.2, 0.25) is 0 Å². The Morgan fingerprint density at radius 2 is 2.17 bits per heavy atom. The number of anilines is 1. The average Bonchev–Trinajstić information content (AvgIpc) is 2.84. The third kappa shape index (κ3) is 2.74. The van der Waals surface area contributed by atoms with E-state index in [9.17, 15) is 14.9 Å². The summed E-state index contributed by atoms with van der Waals surface area (Å²) in [5.74, 6) is -0.351. The molecule has 2 rings (SSSR count). The van der Waals surface area contributed by atoms with Crippen LogP contribution in [0.1, 0.15) is 9.67 Å². The summed E-state index contributed by atoms with van der Waals surface area (Å²) in [5.41, 5.74) is 0.0379. The number of halogens is 1. The summed E-state index contributed by atoms with van der Waals surface area (Å²) in [7, 11) is 0. The van der Waals surface area contributed by atoms with Crippen LogP contribution in [0.15, 0.2) is 40.2 Å². The molecule has 0 spiro atoms. The van der Waals surface area contributed by atoms with Gasteiger partial charge in [-0.05, 0) is 23.6 Å². The van der Waals surface area contributed by atoms with E-state index in [1.54, 1.807) is 23.6 Å². The highest BCUT2D eigenvalue weighted by atomic mass is 79.9. The number of nitro groups is 1. The fraction of sp³-hybridized carbons (Fsp3) is 0. The van der Waals surface area contributed by atoms with Gasteiger partial charge in [0.05, 0.1) is 9.80 Å². The number of carbonyl (C=O) groups excluding carboxylic acids is 1. The van der Waals surface area contributed by atoms with E-state index in [-0.39, 0.29) is 17.3 Å². The molecule has 0 atom stereocenters. The lowest BCUT2D eigenvalue weighted by molar-refractivity contribution is -0.384. The maximum atomic E-state index is 11.8. The molecule has 0 aliphatic heterocycles. The molecule has 1 N–H and O–H groups in total. The summed E-state index contributed by atoms with van der Waals surface area (Å²) >= 11 is 4.43. The van der Waals surface area contributed by atoms with Crippen molar-refractivity contribution in [3.63, 3.8) is 0 Å². The van der Waals surface area contributed by atoms with Gasteiger partial charge in [0.15, 0.2) is 0 Å². The first-order valence-corrected chi connectivity index (χ1v) is 6.54. The highest BCUT2D eigenvalue weighted by Crippen LogP contribution is 2.28. The zero-order valence-electron chi connectivity index (χ0n) is 8.92. The Balaban J connectivity index is 2.29. The van der Waals surface area contributed by atoms with Gasteiger partial charge >= 0.3 is 0 Å². The largest absolute Gasteiger partial charge is 0.316 e. The van der Waals surface area contributed by atoms with Crippen LogP contribution >= 0.6 is 27.3 Å². The van der Waals surface area contributed by atoms with Crippen molar-refractivity contribution in [3.05, 3.63) is 55.2 Å². The first-order valence-electron chi connectivity index (χ1n) is 4.87. The lowest BCUT2D eigenvalue weighted by Gasteiger charge is -2.04. The number of hydrogen-bond donors (Lipinski definition) is 1. The fourth-order valence-electron chi connectivity index (χ4n) is 1.35. The third-order valence-electron chi connectivity index (χ3n) is 2.15. The number of rotatable bonds is 3. The van der Waals surface area contributed by atoms with Crippen molar-refractivity contribution in [2.75, 3.05) is 5.32 Å². The van der Waals surface area contributed by atoms with E-state index in [0.29, 0.717) is 9.35 Å². The molecule has 1 heterocycles. The van der Waals surface area contributed by atoms with Crippen molar-refractivity contribution in [1.29, 1.82) is 0 Å². The van der Waals surface area contributed by atoms with Crippen molar-refractivity contribution in [2.24, 2.45) is 0 Å². The minimum absolute atomic E-state index is 0.144. The van der Waals surface area contributed by atoms with E-state index in [4.69, 9.17) is 0 Å². The predicted octanol–water partition coefficient (Wildman–Crippen LogP) is 3.67. The maximum Gasteiger partial charge on any atom is 0.293 e. The van der Waals surface area contributed by atoms with Crippen LogP contribution in [0, 0.1) is 10.1 Å². The van der Waals surface area contributed by atoms with E-state index in [1.165, 1.54) is 23.5 Å². The average molecular weight is 327 g/mol. The standard InChI is InChI=1S/C11H7BrN2O3S/c12-7-3-4-8(9(6-7)14(16)17)13-11(15)10-2-1-5-18-10/h1-6H,(H,13,15). The molecule has 1 amide bonds. The Labute approximate surface area is 115 Å². The maximum absolute atomic E-state index is 11.8. The van der Waals surface area contributed by atoms with Crippen LogP contribution in [0.3, 0.4) is 0 Å². The summed E-state index contributed by atoms with van der Waals surface area (Å²) in [6.07, 6.45) is 0. The summed E-state index contributed by atoms with van der Waals surface area (Å²) in [6.45, 7) is 0. The number of nitro benzene ring substituents is 1. The van der Waals surface area contributed by atoms with Gasteiger partial charge in [0.1, 0.15) is 5.69 Å². The minimum Gasteiger partial charge on any atom is -0.316 e. The van der Waals surface area contributed by atoms with E-state index >= 15 is 0 Å². The minimum atomic E-state index is -0.533. The van der Waals surface area contributed by atoms with Crippen molar-refractivity contribution in [3.8, 4) is 0 Å². The Morgan fingerprint density at radius 3 is 2.78 bits per heavy atom. The van der Waals surface area contributed by atoms with Gasteiger partial charge in [0.25, 0.3) is 11.6 Å². The SMILES string of the molecule is O=C(Nc1ccc(Br)cc1[N+](=O)[O-])c1cccs1. The molecule has 0 saturated carbocycles. The number of carbonyl (C=O) groups is 1. The van der Waals surface area contributed by atoms with Crippen molar-refractivity contribution in [1.82, 2.24) is 0 Å². The van der Waals surface area contributed by atoms with Crippen LogP contribution in [0.25, 0.3) is 0 Å². The molecule has 0 aliphatic rings. The number of hydrogen-bond acceptors (Lipinski definition) is 4. The van der Waals surface area contributed by atoms with Gasteiger partial charge in [-0.3, -0.25) is 14.9 Å². The molecule has 2 aromatic rings. The molecule has 0 unspecified atom stereocenters. The second-order valence-electron chi connectivity index (χ2n) is 3.35.